The van der Waals surface area contributed by atoms with Gasteiger partial charge in [0, 0.05) is 19.3 Å². The zero-order valence-electron chi connectivity index (χ0n) is 44.4. The fraction of sp³-hybridized carbons (Fsp3) is 0.911. The fourth-order valence-corrected chi connectivity index (χ4v) is 9.08. The Balaban J connectivity index is 4.65. The van der Waals surface area contributed by atoms with Crippen LogP contribution in [0, 0.1) is 0 Å². The van der Waals surface area contributed by atoms with Crippen LogP contribution < -0.4 is 0 Å². The van der Waals surface area contributed by atoms with Crippen molar-refractivity contribution in [2.75, 3.05) is 26.4 Å². The van der Waals surface area contributed by atoms with Crippen molar-refractivity contribution in [2.24, 2.45) is 0 Å². The molecule has 0 aromatic carbocycles. The number of phosphoric ester groups is 1. The number of rotatable bonds is 54. The Kier molecular flexibility index (Phi) is 50.2. The molecule has 0 saturated carbocycles. The number of carbonyl (C=O) groups excluding carboxylic acids is 3. The van der Waals surface area contributed by atoms with E-state index in [0.29, 0.717) is 19.3 Å². The summed E-state index contributed by atoms with van der Waals surface area (Å²) in [5.74, 6) is -1.44. The number of aliphatic hydroxyl groups is 1. The third-order valence-corrected chi connectivity index (χ3v) is 13.6. The molecule has 0 saturated heterocycles. The van der Waals surface area contributed by atoms with Crippen molar-refractivity contribution >= 4 is 25.7 Å². The van der Waals surface area contributed by atoms with E-state index in [-0.39, 0.29) is 25.9 Å². The summed E-state index contributed by atoms with van der Waals surface area (Å²) in [5.41, 5.74) is 0. The Hall–Kier alpha value is -1.78. The number of esters is 3. The minimum absolute atomic E-state index is 0.172. The van der Waals surface area contributed by atoms with E-state index in [1.54, 1.807) is 0 Å². The molecule has 402 valence electrons. The summed E-state index contributed by atoms with van der Waals surface area (Å²) in [6.45, 7) is 4.67. The van der Waals surface area contributed by atoms with E-state index in [1.165, 1.54) is 173 Å². The van der Waals surface area contributed by atoms with Gasteiger partial charge in [-0.3, -0.25) is 23.4 Å². The minimum Gasteiger partial charge on any atom is -0.462 e. The summed E-state index contributed by atoms with van der Waals surface area (Å²) in [4.78, 5) is 48.4. The normalized spacial score (nSPS) is 13.4. The van der Waals surface area contributed by atoms with E-state index in [0.717, 1.165) is 57.8 Å². The zero-order valence-corrected chi connectivity index (χ0v) is 45.2. The van der Waals surface area contributed by atoms with Crippen LogP contribution in [-0.2, 0) is 42.2 Å². The Morgan fingerprint density at radius 1 is 0.397 bits per heavy atom. The first-order chi connectivity index (χ1) is 33.2. The number of hydrogen-bond donors (Lipinski definition) is 2. The summed E-state index contributed by atoms with van der Waals surface area (Å²) in [6, 6.07) is 0. The van der Waals surface area contributed by atoms with Gasteiger partial charge in [0.15, 0.2) is 6.10 Å². The molecular formula is C56H107O11P. The van der Waals surface area contributed by atoms with Crippen molar-refractivity contribution in [3.05, 3.63) is 12.2 Å². The lowest BCUT2D eigenvalue weighted by molar-refractivity contribution is -0.161. The van der Waals surface area contributed by atoms with E-state index in [1.807, 2.05) is 0 Å². The zero-order chi connectivity index (χ0) is 49.9. The quantitative estimate of drug-likeness (QED) is 0.0197. The smallest absolute Gasteiger partial charge is 0.462 e. The molecule has 12 heteroatoms. The van der Waals surface area contributed by atoms with Crippen LogP contribution in [0.1, 0.15) is 290 Å². The third kappa shape index (κ3) is 49.2. The number of aliphatic hydroxyl groups excluding tert-OH is 1. The largest absolute Gasteiger partial charge is 0.472 e. The van der Waals surface area contributed by atoms with Crippen LogP contribution >= 0.6 is 7.82 Å². The highest BCUT2D eigenvalue weighted by Gasteiger charge is 2.28. The van der Waals surface area contributed by atoms with Gasteiger partial charge in [-0.25, -0.2) is 4.57 Å². The lowest BCUT2D eigenvalue weighted by atomic mass is 10.1. The van der Waals surface area contributed by atoms with Crippen LogP contribution in [0.3, 0.4) is 0 Å². The van der Waals surface area contributed by atoms with Gasteiger partial charge >= 0.3 is 25.7 Å². The van der Waals surface area contributed by atoms with Gasteiger partial charge < -0.3 is 24.2 Å². The average Bonchev–Trinajstić information content (AvgIpc) is 3.32. The van der Waals surface area contributed by atoms with E-state index in [9.17, 15) is 28.9 Å². The standard InChI is InChI=1S/C56H107O11P/c1-4-7-10-13-16-19-22-23-24-25-26-27-28-29-32-35-38-41-44-47-56(60)67-53(49-63-54(58)45-42-39-36-33-30-20-17-14-11-8-5-2)51-65-68(61,62)64-50-52(48-57)66-55(59)46-43-40-37-34-31-21-18-15-12-9-6-3/h23-24,52-53,57H,4-22,25-51H2,1-3H3,(H,61,62)/b24-23-. The predicted octanol–water partition coefficient (Wildman–Crippen LogP) is 16.5. The molecule has 0 aromatic heterocycles. The predicted molar refractivity (Wildman–Crippen MR) is 280 cm³/mol. The Labute approximate surface area is 417 Å². The Bertz CT molecular complexity index is 1200. The summed E-state index contributed by atoms with van der Waals surface area (Å²) >= 11 is 0. The van der Waals surface area contributed by atoms with Crippen LogP contribution in [0.4, 0.5) is 0 Å². The van der Waals surface area contributed by atoms with Crippen LogP contribution in [0.15, 0.2) is 12.2 Å². The number of phosphoric acid groups is 1. The maximum atomic E-state index is 12.9. The molecule has 0 spiro atoms. The van der Waals surface area contributed by atoms with Gasteiger partial charge in [-0.2, -0.15) is 0 Å². The van der Waals surface area contributed by atoms with Crippen molar-refractivity contribution in [3.63, 3.8) is 0 Å². The highest BCUT2D eigenvalue weighted by Crippen LogP contribution is 2.43. The molecule has 0 aromatic rings. The topological polar surface area (TPSA) is 155 Å². The first kappa shape index (κ1) is 66.2. The van der Waals surface area contributed by atoms with Gasteiger partial charge in [0.2, 0.25) is 0 Å². The molecule has 3 unspecified atom stereocenters. The van der Waals surface area contributed by atoms with Crippen LogP contribution in [0.2, 0.25) is 0 Å². The van der Waals surface area contributed by atoms with Crippen LogP contribution in [0.5, 0.6) is 0 Å². The van der Waals surface area contributed by atoms with Gasteiger partial charge in [0.05, 0.1) is 19.8 Å². The second-order valence-corrected chi connectivity index (χ2v) is 20.9. The maximum Gasteiger partial charge on any atom is 0.472 e. The molecule has 0 fully saturated rings. The highest BCUT2D eigenvalue weighted by molar-refractivity contribution is 7.47. The van der Waals surface area contributed by atoms with Crippen molar-refractivity contribution in [2.45, 2.75) is 303 Å². The number of allylic oxidation sites excluding steroid dienone is 2. The average molecular weight is 987 g/mol. The summed E-state index contributed by atoms with van der Waals surface area (Å²) in [5, 5.41) is 9.78. The van der Waals surface area contributed by atoms with Crippen LogP contribution in [-0.4, -0.2) is 66.5 Å². The van der Waals surface area contributed by atoms with Crippen molar-refractivity contribution in [3.8, 4) is 0 Å². The first-order valence-electron chi connectivity index (χ1n) is 28.6. The Morgan fingerprint density at radius 2 is 0.676 bits per heavy atom. The van der Waals surface area contributed by atoms with Gasteiger partial charge in [-0.1, -0.05) is 238 Å². The second kappa shape index (κ2) is 51.6. The molecule has 3 atom stereocenters. The van der Waals surface area contributed by atoms with Crippen molar-refractivity contribution in [1.29, 1.82) is 0 Å². The highest BCUT2D eigenvalue weighted by atomic mass is 31.2. The van der Waals surface area contributed by atoms with Gasteiger partial charge in [0.1, 0.15) is 12.7 Å². The molecule has 0 aliphatic heterocycles. The molecule has 0 aliphatic rings. The molecular weight excluding hydrogens is 880 g/mol. The Morgan fingerprint density at radius 3 is 1.01 bits per heavy atom. The van der Waals surface area contributed by atoms with E-state index in [2.05, 4.69) is 32.9 Å². The summed E-state index contributed by atoms with van der Waals surface area (Å²) < 4.78 is 39.4. The second-order valence-electron chi connectivity index (χ2n) is 19.5. The fourth-order valence-electron chi connectivity index (χ4n) is 8.29. The molecule has 0 aliphatic carbocycles. The van der Waals surface area contributed by atoms with E-state index in [4.69, 9.17) is 23.3 Å². The van der Waals surface area contributed by atoms with Crippen molar-refractivity contribution in [1.82, 2.24) is 0 Å². The van der Waals surface area contributed by atoms with E-state index < -0.39 is 57.8 Å². The number of ether oxygens (including phenoxy) is 3. The molecule has 0 radical (unpaired) electrons. The number of carbonyl (C=O) groups is 3. The molecule has 2 N–H and O–H groups in total. The monoisotopic (exact) mass is 987 g/mol. The molecule has 0 heterocycles. The SMILES string of the molecule is CCCCCCCC/C=C\CCCCCCCCCCCC(=O)OC(COC(=O)CCCCCCCCCCCCC)COP(=O)(O)OCC(CO)OC(=O)CCCCCCCCCCCCC. The molecule has 68 heavy (non-hydrogen) atoms. The van der Waals surface area contributed by atoms with Crippen molar-refractivity contribution < 1.29 is 52.2 Å². The number of unbranched alkanes of at least 4 members (excludes halogenated alkanes) is 35. The maximum absolute atomic E-state index is 12.9. The lowest BCUT2D eigenvalue weighted by Gasteiger charge is -2.21. The first-order valence-corrected chi connectivity index (χ1v) is 30.1. The lowest BCUT2D eigenvalue weighted by Crippen LogP contribution is -2.30. The molecule has 11 nitrogen and oxygen atoms in total. The molecule has 0 bridgehead atoms. The van der Waals surface area contributed by atoms with E-state index >= 15 is 0 Å². The third-order valence-electron chi connectivity index (χ3n) is 12.7. The molecule has 0 rings (SSSR count). The van der Waals surface area contributed by atoms with Crippen LogP contribution in [0.25, 0.3) is 0 Å². The van der Waals surface area contributed by atoms with Gasteiger partial charge in [-0.05, 0) is 44.9 Å². The minimum atomic E-state index is -4.73. The number of hydrogen-bond acceptors (Lipinski definition) is 10. The summed E-state index contributed by atoms with van der Waals surface area (Å²) in [6.07, 6.45) is 48.9. The summed E-state index contributed by atoms with van der Waals surface area (Å²) in [7, 11) is -4.73. The van der Waals surface area contributed by atoms with Gasteiger partial charge in [-0.15, -0.1) is 0 Å². The van der Waals surface area contributed by atoms with Gasteiger partial charge in [0.25, 0.3) is 0 Å². The molecule has 0 amide bonds.